The van der Waals surface area contributed by atoms with Crippen LogP contribution in [0.4, 0.5) is 11.4 Å². The minimum absolute atomic E-state index is 0.0275. The number of esters is 1. The van der Waals surface area contributed by atoms with Crippen LogP contribution in [-0.4, -0.2) is 52.7 Å². The number of rotatable bonds is 10. The lowest BCUT2D eigenvalue weighted by atomic mass is 10.1. The summed E-state index contributed by atoms with van der Waals surface area (Å²) in [4.78, 5) is 24.8. The van der Waals surface area contributed by atoms with Crippen molar-refractivity contribution in [2.75, 3.05) is 30.7 Å². The van der Waals surface area contributed by atoms with Crippen LogP contribution in [0.2, 0.25) is 5.02 Å². The molecular formula is C29H34ClN3O5S2. The fraction of sp³-hybridized carbons (Fsp3) is 0.379. The van der Waals surface area contributed by atoms with Crippen LogP contribution in [0.1, 0.15) is 48.8 Å². The molecule has 8 nitrogen and oxygen atoms in total. The Hall–Kier alpha value is -2.92. The average molecular weight is 604 g/mol. The number of carboxylic acids is 1. The Morgan fingerprint density at radius 2 is 1.90 bits per heavy atom. The molecule has 0 aliphatic carbocycles. The summed E-state index contributed by atoms with van der Waals surface area (Å²) in [5, 5.41) is 12.9. The summed E-state index contributed by atoms with van der Waals surface area (Å²) in [6.45, 7) is 6.61. The van der Waals surface area contributed by atoms with Crippen molar-refractivity contribution < 1.29 is 24.2 Å². The van der Waals surface area contributed by atoms with E-state index in [0.717, 1.165) is 60.0 Å². The SMILES string of the molecule is CC(C)(C)OC(=O)c1sc(-c2cccc(NC3CCN(SCc4cccc(N)c4)CC3)c2)c(Cl)c1OCC(=O)O. The van der Waals surface area contributed by atoms with Gasteiger partial charge in [0, 0.05) is 36.3 Å². The predicted molar refractivity (Wildman–Crippen MR) is 163 cm³/mol. The van der Waals surface area contributed by atoms with Crippen LogP contribution < -0.4 is 15.8 Å². The van der Waals surface area contributed by atoms with Gasteiger partial charge in [0.25, 0.3) is 0 Å². The molecule has 3 aromatic rings. The Bertz CT molecular complexity index is 1350. The van der Waals surface area contributed by atoms with Gasteiger partial charge in [0.1, 0.15) is 10.6 Å². The van der Waals surface area contributed by atoms with E-state index in [2.05, 4.69) is 15.7 Å². The summed E-state index contributed by atoms with van der Waals surface area (Å²) in [6.07, 6.45) is 2.01. The number of carbonyl (C=O) groups excluding carboxylic acids is 1. The number of hydrogen-bond donors (Lipinski definition) is 3. The molecule has 4 rings (SSSR count). The minimum atomic E-state index is -1.17. The molecule has 0 saturated carbocycles. The van der Waals surface area contributed by atoms with Gasteiger partial charge in [-0.2, -0.15) is 0 Å². The number of benzene rings is 2. The molecule has 1 aromatic heterocycles. The number of ether oxygens (including phenoxy) is 2. The third-order valence-corrected chi connectivity index (χ3v) is 8.91. The first-order chi connectivity index (χ1) is 19.0. The van der Waals surface area contributed by atoms with Gasteiger partial charge >= 0.3 is 11.9 Å². The third-order valence-electron chi connectivity index (χ3n) is 6.05. The zero-order valence-electron chi connectivity index (χ0n) is 22.7. The standard InChI is InChI=1S/C29H34ClN3O5S2/c1-29(2,3)38-28(36)27-25(37-16-23(34)35)24(30)26(40-27)19-7-5-9-22(15-19)32-21-10-12-33(13-11-21)39-17-18-6-4-8-20(31)14-18/h4-9,14-15,21,32H,10-13,16-17,31H2,1-3H3,(H,34,35). The lowest BCUT2D eigenvalue weighted by molar-refractivity contribution is -0.139. The smallest absolute Gasteiger partial charge is 0.352 e. The van der Waals surface area contributed by atoms with Gasteiger partial charge < -0.3 is 25.6 Å². The number of carbonyl (C=O) groups is 2. The molecule has 2 aromatic carbocycles. The summed E-state index contributed by atoms with van der Waals surface area (Å²) >= 11 is 9.62. The second-order valence-corrected chi connectivity index (χ2v) is 13.0. The fourth-order valence-corrected chi connectivity index (χ4v) is 6.69. The Labute approximate surface area is 247 Å². The first-order valence-electron chi connectivity index (χ1n) is 13.0. The molecule has 1 aliphatic heterocycles. The van der Waals surface area contributed by atoms with E-state index >= 15 is 0 Å². The van der Waals surface area contributed by atoms with Gasteiger partial charge in [0.05, 0.1) is 4.88 Å². The highest BCUT2D eigenvalue weighted by Crippen LogP contribution is 2.46. The number of anilines is 2. The van der Waals surface area contributed by atoms with E-state index in [0.29, 0.717) is 10.9 Å². The number of nitrogens with two attached hydrogens (primary N) is 1. The second-order valence-electron chi connectivity index (χ2n) is 10.5. The van der Waals surface area contributed by atoms with Crippen LogP contribution in [0.15, 0.2) is 48.5 Å². The zero-order valence-corrected chi connectivity index (χ0v) is 25.1. The molecule has 0 radical (unpaired) electrons. The van der Waals surface area contributed by atoms with Crippen molar-refractivity contribution in [2.24, 2.45) is 0 Å². The van der Waals surface area contributed by atoms with E-state index in [9.17, 15) is 9.59 Å². The summed E-state index contributed by atoms with van der Waals surface area (Å²) in [6, 6.07) is 16.1. The first kappa shape index (κ1) is 30.0. The molecule has 0 unspecified atom stereocenters. The zero-order chi connectivity index (χ0) is 28.9. The van der Waals surface area contributed by atoms with Gasteiger partial charge in [-0.25, -0.2) is 9.59 Å². The molecular weight excluding hydrogens is 570 g/mol. The van der Waals surface area contributed by atoms with Crippen molar-refractivity contribution in [1.29, 1.82) is 0 Å². The lowest BCUT2D eigenvalue weighted by Crippen LogP contribution is -2.35. The molecule has 0 spiro atoms. The van der Waals surface area contributed by atoms with Crippen molar-refractivity contribution in [3.05, 3.63) is 64.0 Å². The summed E-state index contributed by atoms with van der Waals surface area (Å²) in [7, 11) is 0. The molecule has 1 aliphatic rings. The Balaban J connectivity index is 1.43. The van der Waals surface area contributed by atoms with E-state index in [1.165, 1.54) is 5.56 Å². The van der Waals surface area contributed by atoms with E-state index in [1.807, 2.05) is 54.4 Å². The molecule has 1 saturated heterocycles. The number of aliphatic carboxylic acids is 1. The number of carboxylic acid groups (broad SMARTS) is 1. The summed E-state index contributed by atoms with van der Waals surface area (Å²) < 4.78 is 13.4. The van der Waals surface area contributed by atoms with Crippen molar-refractivity contribution in [2.45, 2.75) is 51.0 Å². The number of nitrogens with zero attached hydrogens (tertiary/aromatic N) is 1. The van der Waals surface area contributed by atoms with Crippen LogP contribution in [0.5, 0.6) is 5.75 Å². The molecule has 214 valence electrons. The van der Waals surface area contributed by atoms with Gasteiger partial charge in [-0.1, -0.05) is 47.8 Å². The number of halogens is 1. The van der Waals surface area contributed by atoms with Crippen LogP contribution in [0.25, 0.3) is 10.4 Å². The lowest BCUT2D eigenvalue weighted by Gasteiger charge is -2.32. The Morgan fingerprint density at radius 1 is 1.18 bits per heavy atom. The quantitative estimate of drug-likeness (QED) is 0.131. The van der Waals surface area contributed by atoms with Crippen LogP contribution in [-0.2, 0) is 15.3 Å². The molecule has 11 heteroatoms. The van der Waals surface area contributed by atoms with Gasteiger partial charge in [-0.3, -0.25) is 4.31 Å². The van der Waals surface area contributed by atoms with Gasteiger partial charge in [-0.15, -0.1) is 11.3 Å². The molecule has 0 amide bonds. The molecule has 4 N–H and O–H groups in total. The van der Waals surface area contributed by atoms with E-state index in [-0.39, 0.29) is 15.6 Å². The van der Waals surface area contributed by atoms with Gasteiger partial charge in [-0.05, 0) is 69.0 Å². The normalized spacial score (nSPS) is 14.6. The van der Waals surface area contributed by atoms with Crippen LogP contribution in [0, 0.1) is 0 Å². The maximum absolute atomic E-state index is 12.9. The predicted octanol–water partition coefficient (Wildman–Crippen LogP) is 6.79. The van der Waals surface area contributed by atoms with Crippen LogP contribution in [0.3, 0.4) is 0 Å². The number of nitrogen functional groups attached to an aromatic ring is 1. The van der Waals surface area contributed by atoms with Crippen molar-refractivity contribution in [3.63, 3.8) is 0 Å². The van der Waals surface area contributed by atoms with Gasteiger partial charge in [0.15, 0.2) is 17.2 Å². The van der Waals surface area contributed by atoms with E-state index in [1.54, 1.807) is 20.8 Å². The number of nitrogens with one attached hydrogen (secondary N) is 1. The average Bonchev–Trinajstić information content (AvgIpc) is 3.22. The highest BCUT2D eigenvalue weighted by molar-refractivity contribution is 7.96. The molecule has 40 heavy (non-hydrogen) atoms. The molecule has 0 bridgehead atoms. The topological polar surface area (TPSA) is 114 Å². The second kappa shape index (κ2) is 13.2. The molecule has 1 fully saturated rings. The fourth-order valence-electron chi connectivity index (χ4n) is 4.27. The maximum Gasteiger partial charge on any atom is 0.352 e. The molecule has 2 heterocycles. The first-order valence-corrected chi connectivity index (χ1v) is 15.1. The van der Waals surface area contributed by atoms with E-state index < -0.39 is 24.1 Å². The number of thiophene rings is 1. The van der Waals surface area contributed by atoms with Crippen molar-refractivity contribution >= 4 is 58.2 Å². The number of piperidine rings is 1. The maximum atomic E-state index is 12.9. The third kappa shape index (κ3) is 8.30. The van der Waals surface area contributed by atoms with E-state index in [4.69, 9.17) is 31.9 Å². The van der Waals surface area contributed by atoms with Gasteiger partial charge in [0.2, 0.25) is 0 Å². The molecule has 0 atom stereocenters. The highest BCUT2D eigenvalue weighted by Gasteiger charge is 2.29. The summed E-state index contributed by atoms with van der Waals surface area (Å²) in [5.74, 6) is -0.851. The highest BCUT2D eigenvalue weighted by atomic mass is 35.5. The number of hydrogen-bond acceptors (Lipinski definition) is 9. The monoisotopic (exact) mass is 603 g/mol. The summed E-state index contributed by atoms with van der Waals surface area (Å²) in [5.41, 5.74) is 8.92. The Morgan fingerprint density at radius 3 is 2.58 bits per heavy atom. The van der Waals surface area contributed by atoms with Crippen molar-refractivity contribution in [1.82, 2.24) is 4.31 Å². The minimum Gasteiger partial charge on any atom is -0.479 e. The van der Waals surface area contributed by atoms with Crippen molar-refractivity contribution in [3.8, 4) is 16.2 Å². The largest absolute Gasteiger partial charge is 0.479 e. The van der Waals surface area contributed by atoms with Crippen LogP contribution >= 0.6 is 34.9 Å². The Kier molecular flexibility index (Phi) is 9.89.